The van der Waals surface area contributed by atoms with Crippen LogP contribution in [0.2, 0.25) is 0 Å². The van der Waals surface area contributed by atoms with Crippen LogP contribution in [0.25, 0.3) is 0 Å². The average molecular weight is 431 g/mol. The molecule has 2 aromatic carbocycles. The van der Waals surface area contributed by atoms with Crippen molar-refractivity contribution < 1.29 is 9.32 Å². The topological polar surface area (TPSA) is 71.3 Å². The maximum atomic E-state index is 12.8. The van der Waals surface area contributed by atoms with E-state index in [2.05, 4.69) is 63.7 Å². The van der Waals surface area contributed by atoms with Gasteiger partial charge in [0.25, 0.3) is 0 Å². The number of rotatable bonds is 6. The van der Waals surface area contributed by atoms with Crippen LogP contribution in [0, 0.1) is 19.8 Å². The van der Waals surface area contributed by atoms with Crippen LogP contribution in [0.5, 0.6) is 0 Å². The van der Waals surface area contributed by atoms with Crippen molar-refractivity contribution in [3.8, 4) is 0 Å². The lowest BCUT2D eigenvalue weighted by Gasteiger charge is -2.25. The van der Waals surface area contributed by atoms with Gasteiger partial charge >= 0.3 is 0 Å². The van der Waals surface area contributed by atoms with Crippen LogP contribution in [0.3, 0.4) is 0 Å². The molecule has 6 nitrogen and oxygen atoms in total. The summed E-state index contributed by atoms with van der Waals surface area (Å²) in [7, 11) is 0. The van der Waals surface area contributed by atoms with Crippen molar-refractivity contribution in [2.45, 2.75) is 51.1 Å². The molecular weight excluding hydrogens is 400 g/mol. The third kappa shape index (κ3) is 4.07. The maximum Gasteiger partial charge on any atom is 0.234 e. The minimum Gasteiger partial charge on any atom is -0.353 e. The fraction of sp³-hybridized carbons (Fsp3) is 0.423. The molecule has 0 radical (unpaired) electrons. The molecule has 0 spiro atoms. The molecule has 5 rings (SSSR count). The number of carbonyl (C=O) groups excluding carboxylic acids is 1. The van der Waals surface area contributed by atoms with E-state index in [0.29, 0.717) is 18.2 Å². The standard InChI is InChI=1S/C26H30N4O2/c1-18-8-6-7-11-21(18)12-24(31)28-23-13-22-16-30(15-20-9-4-3-5-10-20)17-26(22,14-23)25-27-19(2)29-32-25/h3-11,22-23H,12-17H2,1-2H3,(H,28,31)/t22-,23+,26-/m0/s1. The molecule has 0 unspecified atom stereocenters. The first-order chi connectivity index (χ1) is 15.5. The molecular formula is C26H30N4O2. The molecule has 3 atom stereocenters. The van der Waals surface area contributed by atoms with E-state index in [9.17, 15) is 4.79 Å². The van der Waals surface area contributed by atoms with Crippen molar-refractivity contribution in [1.29, 1.82) is 0 Å². The molecule has 1 aromatic heterocycles. The largest absolute Gasteiger partial charge is 0.353 e. The van der Waals surface area contributed by atoms with Gasteiger partial charge in [-0.3, -0.25) is 9.69 Å². The van der Waals surface area contributed by atoms with E-state index < -0.39 is 0 Å². The van der Waals surface area contributed by atoms with E-state index in [1.165, 1.54) is 5.56 Å². The Balaban J connectivity index is 1.30. The number of carbonyl (C=O) groups is 1. The number of aromatic nitrogens is 2. The highest BCUT2D eigenvalue weighted by Crippen LogP contribution is 2.50. The number of hydrogen-bond donors (Lipinski definition) is 1. The zero-order valence-electron chi connectivity index (χ0n) is 18.8. The van der Waals surface area contributed by atoms with E-state index >= 15 is 0 Å². The van der Waals surface area contributed by atoms with E-state index in [1.54, 1.807) is 0 Å². The summed E-state index contributed by atoms with van der Waals surface area (Å²) < 4.78 is 5.72. The molecule has 32 heavy (non-hydrogen) atoms. The first kappa shape index (κ1) is 20.9. The lowest BCUT2D eigenvalue weighted by atomic mass is 9.80. The zero-order valence-corrected chi connectivity index (χ0v) is 18.8. The number of aryl methyl sites for hydroxylation is 2. The minimum absolute atomic E-state index is 0.0854. The Morgan fingerprint density at radius 2 is 1.94 bits per heavy atom. The number of nitrogens with zero attached hydrogens (tertiary/aromatic N) is 3. The highest BCUT2D eigenvalue weighted by atomic mass is 16.5. The third-order valence-electron chi connectivity index (χ3n) is 7.13. The maximum absolute atomic E-state index is 12.8. The van der Waals surface area contributed by atoms with Crippen LogP contribution in [0.1, 0.15) is 41.2 Å². The smallest absolute Gasteiger partial charge is 0.234 e. The number of amides is 1. The highest BCUT2D eigenvalue weighted by molar-refractivity contribution is 5.79. The Morgan fingerprint density at radius 1 is 1.16 bits per heavy atom. The molecule has 1 aliphatic carbocycles. The summed E-state index contributed by atoms with van der Waals surface area (Å²) in [5.41, 5.74) is 3.35. The highest BCUT2D eigenvalue weighted by Gasteiger charge is 2.57. The number of nitrogens with one attached hydrogen (secondary N) is 1. The Hall–Kier alpha value is -2.99. The van der Waals surface area contributed by atoms with Crippen LogP contribution in [0.15, 0.2) is 59.1 Å². The third-order valence-corrected chi connectivity index (χ3v) is 7.13. The monoisotopic (exact) mass is 430 g/mol. The molecule has 2 fully saturated rings. The van der Waals surface area contributed by atoms with Crippen molar-refractivity contribution in [3.05, 3.63) is 83.0 Å². The van der Waals surface area contributed by atoms with E-state index in [1.807, 2.05) is 25.1 Å². The molecule has 2 heterocycles. The van der Waals surface area contributed by atoms with Crippen molar-refractivity contribution in [2.24, 2.45) is 5.92 Å². The van der Waals surface area contributed by atoms with Gasteiger partial charge in [0.15, 0.2) is 5.82 Å². The number of benzene rings is 2. The van der Waals surface area contributed by atoms with Gasteiger partial charge < -0.3 is 9.84 Å². The normalized spacial score (nSPS) is 25.1. The van der Waals surface area contributed by atoms with Gasteiger partial charge in [0.1, 0.15) is 0 Å². The predicted octanol–water partition coefficient (Wildman–Crippen LogP) is 3.58. The molecule has 2 aliphatic rings. The second-order valence-corrected chi connectivity index (χ2v) is 9.46. The Labute approximate surface area is 189 Å². The van der Waals surface area contributed by atoms with Gasteiger partial charge in [-0.05, 0) is 49.3 Å². The van der Waals surface area contributed by atoms with Gasteiger partial charge in [-0.15, -0.1) is 0 Å². The Kier molecular flexibility index (Phi) is 5.55. The molecule has 0 bridgehead atoms. The Morgan fingerprint density at radius 3 is 2.69 bits per heavy atom. The van der Waals surface area contributed by atoms with Crippen LogP contribution in [-0.2, 0) is 23.2 Å². The summed E-state index contributed by atoms with van der Waals surface area (Å²) in [6.07, 6.45) is 2.19. The molecule has 166 valence electrons. The molecule has 6 heteroatoms. The van der Waals surface area contributed by atoms with Gasteiger partial charge in [-0.25, -0.2) is 0 Å². The summed E-state index contributed by atoms with van der Waals surface area (Å²) in [5.74, 6) is 1.87. The van der Waals surface area contributed by atoms with Gasteiger partial charge in [-0.1, -0.05) is 59.8 Å². The quantitative estimate of drug-likeness (QED) is 0.647. The van der Waals surface area contributed by atoms with Gasteiger partial charge in [0.2, 0.25) is 11.8 Å². The molecule has 1 N–H and O–H groups in total. The zero-order chi connectivity index (χ0) is 22.1. The summed E-state index contributed by atoms with van der Waals surface area (Å²) in [6, 6.07) is 18.8. The molecule has 1 saturated heterocycles. The predicted molar refractivity (Wildman–Crippen MR) is 122 cm³/mol. The average Bonchev–Trinajstić information content (AvgIpc) is 3.43. The van der Waals surface area contributed by atoms with E-state index in [0.717, 1.165) is 49.5 Å². The van der Waals surface area contributed by atoms with Crippen molar-refractivity contribution >= 4 is 5.91 Å². The van der Waals surface area contributed by atoms with Crippen LogP contribution < -0.4 is 5.32 Å². The molecule has 1 amide bonds. The summed E-state index contributed by atoms with van der Waals surface area (Å²) in [6.45, 7) is 6.68. The van der Waals surface area contributed by atoms with Crippen molar-refractivity contribution in [2.75, 3.05) is 13.1 Å². The van der Waals surface area contributed by atoms with Gasteiger partial charge in [-0.2, -0.15) is 4.98 Å². The first-order valence-electron chi connectivity index (χ1n) is 11.4. The SMILES string of the molecule is Cc1noc([C@]23C[C@H](NC(=O)Cc4ccccc4C)C[C@H]2CN(Cc2ccccc2)C3)n1. The summed E-state index contributed by atoms with van der Waals surface area (Å²) >= 11 is 0. The number of likely N-dealkylation sites (tertiary alicyclic amines) is 1. The second-order valence-electron chi connectivity index (χ2n) is 9.46. The Bertz CT molecular complexity index is 1100. The van der Waals surface area contributed by atoms with Gasteiger partial charge in [0.05, 0.1) is 11.8 Å². The second kappa shape index (κ2) is 8.51. The van der Waals surface area contributed by atoms with Gasteiger partial charge in [0, 0.05) is 25.7 Å². The lowest BCUT2D eigenvalue weighted by Crippen LogP contribution is -2.38. The number of hydrogen-bond acceptors (Lipinski definition) is 5. The number of fused-ring (bicyclic) bond motifs is 1. The summed E-state index contributed by atoms with van der Waals surface area (Å²) in [4.78, 5) is 20.0. The van der Waals surface area contributed by atoms with Crippen molar-refractivity contribution in [1.82, 2.24) is 20.4 Å². The fourth-order valence-electron chi connectivity index (χ4n) is 5.64. The lowest BCUT2D eigenvalue weighted by molar-refractivity contribution is -0.121. The molecule has 1 saturated carbocycles. The minimum atomic E-state index is -0.198. The fourth-order valence-corrected chi connectivity index (χ4v) is 5.64. The van der Waals surface area contributed by atoms with Crippen LogP contribution >= 0.6 is 0 Å². The first-order valence-corrected chi connectivity index (χ1v) is 11.4. The molecule has 3 aromatic rings. The van der Waals surface area contributed by atoms with Crippen molar-refractivity contribution in [3.63, 3.8) is 0 Å². The molecule has 1 aliphatic heterocycles. The van der Waals surface area contributed by atoms with E-state index in [-0.39, 0.29) is 17.4 Å². The van der Waals surface area contributed by atoms with E-state index in [4.69, 9.17) is 4.52 Å². The van der Waals surface area contributed by atoms with Crippen LogP contribution in [0.4, 0.5) is 0 Å². The van der Waals surface area contributed by atoms with Crippen LogP contribution in [-0.4, -0.2) is 40.1 Å². The summed E-state index contributed by atoms with van der Waals surface area (Å²) in [5, 5.41) is 7.39.